The Balaban J connectivity index is 1.97. The number of nitrogens with zero attached hydrogens (tertiary/aromatic N) is 1. The van der Waals surface area contributed by atoms with Crippen molar-refractivity contribution in [1.82, 2.24) is 10.6 Å². The largest absolute Gasteiger partial charge is 0.352 e. The lowest BCUT2D eigenvalue weighted by Crippen LogP contribution is -2.48. The lowest BCUT2D eigenvalue weighted by molar-refractivity contribution is -0.384. The first-order valence-electron chi connectivity index (χ1n) is 5.40. The maximum Gasteiger partial charge on any atom is 0.270 e. The molecule has 6 heteroatoms. The number of amides is 1. The summed E-state index contributed by atoms with van der Waals surface area (Å²) in [7, 11) is 0. The number of nitrogens with one attached hydrogen (secondary N) is 2. The molecule has 1 aliphatic rings. The van der Waals surface area contributed by atoms with E-state index in [0.29, 0.717) is 18.0 Å². The Kier molecular flexibility index (Phi) is 3.34. The molecule has 0 atom stereocenters. The van der Waals surface area contributed by atoms with E-state index in [2.05, 4.69) is 10.6 Å². The summed E-state index contributed by atoms with van der Waals surface area (Å²) >= 11 is 0. The van der Waals surface area contributed by atoms with Gasteiger partial charge < -0.3 is 10.6 Å². The van der Waals surface area contributed by atoms with Gasteiger partial charge in [0.25, 0.3) is 11.6 Å². The van der Waals surface area contributed by atoms with Crippen molar-refractivity contribution in [3.8, 4) is 0 Å². The Morgan fingerprint density at radius 1 is 1.53 bits per heavy atom. The molecule has 0 spiro atoms. The van der Waals surface area contributed by atoms with Crippen molar-refractivity contribution in [3.63, 3.8) is 0 Å². The Hall–Kier alpha value is -1.95. The molecule has 6 nitrogen and oxygen atoms in total. The highest BCUT2D eigenvalue weighted by molar-refractivity contribution is 5.94. The lowest BCUT2D eigenvalue weighted by Gasteiger charge is -2.27. The summed E-state index contributed by atoms with van der Waals surface area (Å²) in [6, 6.07) is 5.74. The number of carbonyl (C=O) groups is 1. The molecular weight excluding hydrogens is 222 g/mol. The summed E-state index contributed by atoms with van der Waals surface area (Å²) < 4.78 is 0. The normalized spacial score (nSPS) is 15.1. The van der Waals surface area contributed by atoms with Gasteiger partial charge in [0, 0.05) is 43.2 Å². The summed E-state index contributed by atoms with van der Waals surface area (Å²) in [6.07, 6.45) is 0. The van der Waals surface area contributed by atoms with Gasteiger partial charge in [-0.1, -0.05) is 6.07 Å². The standard InChI is InChI=1S/C11H13N3O3/c15-11(13-7-8-5-12-6-8)9-2-1-3-10(4-9)14(16)17/h1-4,8,12H,5-7H2,(H,13,15). The smallest absolute Gasteiger partial charge is 0.270 e. The minimum absolute atomic E-state index is 0.0667. The Bertz CT molecular complexity index is 443. The van der Waals surface area contributed by atoms with E-state index in [1.54, 1.807) is 6.07 Å². The van der Waals surface area contributed by atoms with E-state index in [0.717, 1.165) is 13.1 Å². The monoisotopic (exact) mass is 235 g/mol. The van der Waals surface area contributed by atoms with Crippen LogP contribution >= 0.6 is 0 Å². The zero-order valence-corrected chi connectivity index (χ0v) is 9.18. The molecule has 0 aromatic heterocycles. The number of rotatable bonds is 4. The zero-order chi connectivity index (χ0) is 12.3. The zero-order valence-electron chi connectivity index (χ0n) is 9.18. The molecule has 1 aliphatic heterocycles. The molecule has 1 amide bonds. The van der Waals surface area contributed by atoms with Gasteiger partial charge in [0.15, 0.2) is 0 Å². The summed E-state index contributed by atoms with van der Waals surface area (Å²) in [5.74, 6) is 0.207. The predicted octanol–water partition coefficient (Wildman–Crippen LogP) is 0.544. The van der Waals surface area contributed by atoms with Crippen molar-refractivity contribution < 1.29 is 9.72 Å². The molecule has 17 heavy (non-hydrogen) atoms. The highest BCUT2D eigenvalue weighted by Gasteiger charge is 2.18. The maximum absolute atomic E-state index is 11.7. The van der Waals surface area contributed by atoms with Gasteiger partial charge in [0.05, 0.1) is 4.92 Å². The van der Waals surface area contributed by atoms with E-state index in [1.165, 1.54) is 18.2 Å². The van der Waals surface area contributed by atoms with E-state index in [9.17, 15) is 14.9 Å². The van der Waals surface area contributed by atoms with Crippen molar-refractivity contribution in [3.05, 3.63) is 39.9 Å². The number of non-ortho nitro benzene ring substituents is 1. The third-order valence-corrected chi connectivity index (χ3v) is 2.74. The highest BCUT2D eigenvalue weighted by Crippen LogP contribution is 2.13. The summed E-state index contributed by atoms with van der Waals surface area (Å²) in [4.78, 5) is 21.8. The van der Waals surface area contributed by atoms with Crippen LogP contribution in [-0.2, 0) is 0 Å². The summed E-state index contributed by atoms with van der Waals surface area (Å²) in [6.45, 7) is 2.43. The van der Waals surface area contributed by atoms with Crippen molar-refractivity contribution in [1.29, 1.82) is 0 Å². The number of nitro benzene ring substituents is 1. The average molecular weight is 235 g/mol. The lowest BCUT2D eigenvalue weighted by atomic mass is 10.0. The first kappa shape index (κ1) is 11.5. The van der Waals surface area contributed by atoms with Crippen LogP contribution in [0.3, 0.4) is 0 Å². The first-order valence-corrected chi connectivity index (χ1v) is 5.40. The third-order valence-electron chi connectivity index (χ3n) is 2.74. The quantitative estimate of drug-likeness (QED) is 0.589. The van der Waals surface area contributed by atoms with Gasteiger partial charge in [0.2, 0.25) is 0 Å². The van der Waals surface area contributed by atoms with Crippen LogP contribution in [0.25, 0.3) is 0 Å². The molecule has 90 valence electrons. The molecular formula is C11H13N3O3. The van der Waals surface area contributed by atoms with Crippen molar-refractivity contribution in [2.24, 2.45) is 5.92 Å². The first-order chi connectivity index (χ1) is 8.16. The number of hydrogen-bond donors (Lipinski definition) is 2. The average Bonchev–Trinajstić information content (AvgIpc) is 2.27. The van der Waals surface area contributed by atoms with E-state index in [1.807, 2.05) is 0 Å². The predicted molar refractivity (Wildman–Crippen MR) is 61.8 cm³/mol. The molecule has 1 aromatic rings. The second kappa shape index (κ2) is 4.92. The van der Waals surface area contributed by atoms with Gasteiger partial charge in [0.1, 0.15) is 0 Å². The molecule has 0 saturated carbocycles. The van der Waals surface area contributed by atoms with Gasteiger partial charge >= 0.3 is 0 Å². The molecule has 0 aliphatic carbocycles. The maximum atomic E-state index is 11.7. The van der Waals surface area contributed by atoms with Crippen LogP contribution < -0.4 is 10.6 Å². The van der Waals surface area contributed by atoms with Crippen LogP contribution in [0.4, 0.5) is 5.69 Å². The Labute approximate surface area is 98.2 Å². The van der Waals surface area contributed by atoms with Crippen molar-refractivity contribution in [2.45, 2.75) is 0 Å². The van der Waals surface area contributed by atoms with Gasteiger partial charge in [-0.15, -0.1) is 0 Å². The SMILES string of the molecule is O=C(NCC1CNC1)c1cccc([N+](=O)[O-])c1. The molecule has 1 saturated heterocycles. The fourth-order valence-corrected chi connectivity index (χ4v) is 1.59. The molecule has 2 rings (SSSR count). The fourth-order valence-electron chi connectivity index (χ4n) is 1.59. The number of benzene rings is 1. The third kappa shape index (κ3) is 2.79. The van der Waals surface area contributed by atoms with Crippen LogP contribution in [0.1, 0.15) is 10.4 Å². The van der Waals surface area contributed by atoms with Gasteiger partial charge in [-0.2, -0.15) is 0 Å². The number of hydrogen-bond acceptors (Lipinski definition) is 4. The van der Waals surface area contributed by atoms with Crippen LogP contribution in [0.2, 0.25) is 0 Å². The molecule has 0 bridgehead atoms. The van der Waals surface area contributed by atoms with E-state index < -0.39 is 4.92 Å². The topological polar surface area (TPSA) is 84.3 Å². The van der Waals surface area contributed by atoms with Gasteiger partial charge in [-0.05, 0) is 6.07 Å². The van der Waals surface area contributed by atoms with Crippen LogP contribution in [0, 0.1) is 16.0 Å². The van der Waals surface area contributed by atoms with E-state index in [4.69, 9.17) is 0 Å². The van der Waals surface area contributed by atoms with Crippen LogP contribution in [0.5, 0.6) is 0 Å². The number of nitro groups is 1. The summed E-state index contributed by atoms with van der Waals surface area (Å²) in [5, 5.41) is 16.4. The molecule has 1 heterocycles. The van der Waals surface area contributed by atoms with E-state index >= 15 is 0 Å². The van der Waals surface area contributed by atoms with Gasteiger partial charge in [-0.25, -0.2) is 0 Å². The Morgan fingerprint density at radius 2 is 2.29 bits per heavy atom. The minimum Gasteiger partial charge on any atom is -0.352 e. The van der Waals surface area contributed by atoms with Crippen molar-refractivity contribution >= 4 is 11.6 Å². The van der Waals surface area contributed by atoms with E-state index in [-0.39, 0.29) is 11.6 Å². The van der Waals surface area contributed by atoms with Crippen molar-refractivity contribution in [2.75, 3.05) is 19.6 Å². The fraction of sp³-hybridized carbons (Fsp3) is 0.364. The van der Waals surface area contributed by atoms with Gasteiger partial charge in [-0.3, -0.25) is 14.9 Å². The van der Waals surface area contributed by atoms with Crippen LogP contribution in [0.15, 0.2) is 24.3 Å². The molecule has 0 unspecified atom stereocenters. The number of carbonyl (C=O) groups excluding carboxylic acids is 1. The Morgan fingerprint density at radius 3 is 2.88 bits per heavy atom. The molecule has 0 radical (unpaired) electrons. The second-order valence-corrected chi connectivity index (χ2v) is 4.04. The minimum atomic E-state index is -0.507. The second-order valence-electron chi connectivity index (χ2n) is 4.04. The molecule has 1 fully saturated rings. The highest BCUT2D eigenvalue weighted by atomic mass is 16.6. The van der Waals surface area contributed by atoms with Crippen LogP contribution in [-0.4, -0.2) is 30.5 Å². The molecule has 1 aromatic carbocycles. The molecule has 2 N–H and O–H groups in total. The summed E-state index contributed by atoms with van der Waals surface area (Å²) in [5.41, 5.74) is 0.259.